The van der Waals surface area contributed by atoms with Crippen LogP contribution in [0.4, 0.5) is 5.69 Å². The SMILES string of the molecule is COC(C)(C)CC(C)Nc1cnn(C(C)C)c1. The third kappa shape index (κ3) is 4.38. The van der Waals surface area contributed by atoms with Crippen LogP contribution in [0.3, 0.4) is 0 Å². The van der Waals surface area contributed by atoms with Crippen molar-refractivity contribution in [1.82, 2.24) is 9.78 Å². The van der Waals surface area contributed by atoms with Crippen LogP contribution < -0.4 is 5.32 Å². The highest BCUT2D eigenvalue weighted by Crippen LogP contribution is 2.19. The van der Waals surface area contributed by atoms with Crippen molar-refractivity contribution in [2.75, 3.05) is 12.4 Å². The van der Waals surface area contributed by atoms with Crippen molar-refractivity contribution in [1.29, 1.82) is 0 Å². The summed E-state index contributed by atoms with van der Waals surface area (Å²) in [5, 5.41) is 7.75. The quantitative estimate of drug-likeness (QED) is 0.829. The number of anilines is 1. The van der Waals surface area contributed by atoms with E-state index in [1.54, 1.807) is 7.11 Å². The molecule has 0 aromatic carbocycles. The maximum absolute atomic E-state index is 5.43. The van der Waals surface area contributed by atoms with E-state index in [1.165, 1.54) is 0 Å². The first-order valence-electron chi connectivity index (χ1n) is 6.20. The molecule has 1 heterocycles. The Balaban J connectivity index is 2.53. The highest BCUT2D eigenvalue weighted by Gasteiger charge is 2.20. The highest BCUT2D eigenvalue weighted by atomic mass is 16.5. The average molecular weight is 239 g/mol. The Morgan fingerprint density at radius 2 is 2.06 bits per heavy atom. The maximum atomic E-state index is 5.43. The molecule has 0 spiro atoms. The Labute approximate surface area is 104 Å². The number of hydrogen-bond acceptors (Lipinski definition) is 3. The predicted octanol–water partition coefficient (Wildman–Crippen LogP) is 3.08. The molecule has 0 aliphatic heterocycles. The topological polar surface area (TPSA) is 39.1 Å². The smallest absolute Gasteiger partial charge is 0.0728 e. The van der Waals surface area contributed by atoms with Gasteiger partial charge in [-0.3, -0.25) is 4.68 Å². The molecule has 0 saturated carbocycles. The molecular weight excluding hydrogens is 214 g/mol. The van der Waals surface area contributed by atoms with E-state index in [0.717, 1.165) is 12.1 Å². The fourth-order valence-electron chi connectivity index (χ4n) is 1.85. The zero-order valence-electron chi connectivity index (χ0n) is 11.8. The van der Waals surface area contributed by atoms with Gasteiger partial charge in [-0.05, 0) is 41.0 Å². The lowest BCUT2D eigenvalue weighted by Gasteiger charge is -2.27. The summed E-state index contributed by atoms with van der Waals surface area (Å²) in [6.07, 6.45) is 4.87. The van der Waals surface area contributed by atoms with Crippen LogP contribution in [0.1, 0.15) is 47.1 Å². The normalized spacial score (nSPS) is 14.1. The van der Waals surface area contributed by atoms with Gasteiger partial charge in [0.2, 0.25) is 0 Å². The molecule has 1 aromatic rings. The minimum atomic E-state index is -0.0968. The van der Waals surface area contributed by atoms with Crippen molar-refractivity contribution in [3.8, 4) is 0 Å². The first kappa shape index (κ1) is 14.0. The number of rotatable bonds is 6. The van der Waals surface area contributed by atoms with Gasteiger partial charge < -0.3 is 10.1 Å². The molecule has 1 N–H and O–H groups in total. The van der Waals surface area contributed by atoms with Crippen molar-refractivity contribution in [3.63, 3.8) is 0 Å². The molecule has 1 aromatic heterocycles. The lowest BCUT2D eigenvalue weighted by molar-refractivity contribution is 0.0128. The van der Waals surface area contributed by atoms with E-state index in [4.69, 9.17) is 4.74 Å². The summed E-state index contributed by atoms with van der Waals surface area (Å²) < 4.78 is 7.38. The van der Waals surface area contributed by atoms with Gasteiger partial charge in [0.05, 0.1) is 17.5 Å². The molecule has 98 valence electrons. The number of nitrogens with zero attached hydrogens (tertiary/aromatic N) is 2. The van der Waals surface area contributed by atoms with Crippen molar-refractivity contribution in [2.24, 2.45) is 0 Å². The lowest BCUT2D eigenvalue weighted by atomic mass is 10.00. The molecule has 0 fully saturated rings. The number of methoxy groups -OCH3 is 1. The first-order chi connectivity index (χ1) is 7.84. The first-order valence-corrected chi connectivity index (χ1v) is 6.20. The fourth-order valence-corrected chi connectivity index (χ4v) is 1.85. The van der Waals surface area contributed by atoms with E-state index in [-0.39, 0.29) is 5.60 Å². The molecule has 0 amide bonds. The molecule has 0 saturated heterocycles. The van der Waals surface area contributed by atoms with Crippen molar-refractivity contribution >= 4 is 5.69 Å². The number of ether oxygens (including phenoxy) is 1. The largest absolute Gasteiger partial charge is 0.380 e. The van der Waals surface area contributed by atoms with Gasteiger partial charge in [-0.15, -0.1) is 0 Å². The van der Waals surface area contributed by atoms with Crippen molar-refractivity contribution < 1.29 is 4.74 Å². The van der Waals surface area contributed by atoms with Crippen LogP contribution in [0.25, 0.3) is 0 Å². The number of hydrogen-bond donors (Lipinski definition) is 1. The summed E-state index contributed by atoms with van der Waals surface area (Å²) in [7, 11) is 1.75. The molecule has 1 rings (SSSR count). The van der Waals surface area contributed by atoms with E-state index in [9.17, 15) is 0 Å². The summed E-state index contributed by atoms with van der Waals surface area (Å²) in [6, 6.07) is 0.756. The third-order valence-corrected chi connectivity index (χ3v) is 2.89. The van der Waals surface area contributed by atoms with E-state index < -0.39 is 0 Å². The van der Waals surface area contributed by atoms with Gasteiger partial charge in [0.1, 0.15) is 0 Å². The average Bonchev–Trinajstić information content (AvgIpc) is 2.65. The molecule has 0 bridgehead atoms. The number of nitrogens with one attached hydrogen (secondary N) is 1. The second-order valence-electron chi connectivity index (χ2n) is 5.52. The van der Waals surface area contributed by atoms with Gasteiger partial charge in [0, 0.05) is 25.4 Å². The molecule has 4 heteroatoms. The van der Waals surface area contributed by atoms with Crippen molar-refractivity contribution in [2.45, 2.75) is 58.7 Å². The summed E-state index contributed by atoms with van der Waals surface area (Å²) in [6.45, 7) is 10.6. The van der Waals surface area contributed by atoms with E-state index >= 15 is 0 Å². The Hall–Kier alpha value is -1.03. The van der Waals surface area contributed by atoms with Gasteiger partial charge in [-0.25, -0.2) is 0 Å². The van der Waals surface area contributed by atoms with Gasteiger partial charge in [0.25, 0.3) is 0 Å². The Morgan fingerprint density at radius 3 is 2.53 bits per heavy atom. The third-order valence-electron chi connectivity index (χ3n) is 2.89. The van der Waals surface area contributed by atoms with Crippen molar-refractivity contribution in [3.05, 3.63) is 12.4 Å². The molecular formula is C13H25N3O. The van der Waals surface area contributed by atoms with Gasteiger partial charge in [0.15, 0.2) is 0 Å². The van der Waals surface area contributed by atoms with E-state index in [0.29, 0.717) is 12.1 Å². The van der Waals surface area contributed by atoms with E-state index in [2.05, 4.69) is 45.0 Å². The van der Waals surface area contributed by atoms with Crippen LogP contribution in [0.2, 0.25) is 0 Å². The van der Waals surface area contributed by atoms with Crippen LogP contribution in [-0.4, -0.2) is 28.5 Å². The summed E-state index contributed by atoms with van der Waals surface area (Å²) >= 11 is 0. The second kappa shape index (κ2) is 5.54. The summed E-state index contributed by atoms with van der Waals surface area (Å²) in [5.74, 6) is 0. The van der Waals surface area contributed by atoms with Gasteiger partial charge >= 0.3 is 0 Å². The Bertz CT molecular complexity index is 344. The molecule has 4 nitrogen and oxygen atoms in total. The van der Waals surface area contributed by atoms with Crippen LogP contribution in [0.15, 0.2) is 12.4 Å². The zero-order chi connectivity index (χ0) is 13.1. The Morgan fingerprint density at radius 1 is 1.41 bits per heavy atom. The lowest BCUT2D eigenvalue weighted by Crippen LogP contribution is -2.31. The monoisotopic (exact) mass is 239 g/mol. The van der Waals surface area contributed by atoms with Crippen LogP contribution in [0, 0.1) is 0 Å². The van der Waals surface area contributed by atoms with Crippen LogP contribution >= 0.6 is 0 Å². The molecule has 17 heavy (non-hydrogen) atoms. The van der Waals surface area contributed by atoms with E-state index in [1.807, 2.05) is 17.1 Å². The zero-order valence-corrected chi connectivity index (χ0v) is 11.8. The fraction of sp³-hybridized carbons (Fsp3) is 0.769. The standard InChI is InChI=1S/C13H25N3O/c1-10(2)16-9-12(8-14-16)15-11(3)7-13(4,5)17-6/h8-11,15H,7H2,1-6H3. The number of aromatic nitrogens is 2. The van der Waals surface area contributed by atoms with Gasteiger partial charge in [-0.1, -0.05) is 0 Å². The summed E-state index contributed by atoms with van der Waals surface area (Å²) in [5.41, 5.74) is 0.971. The van der Waals surface area contributed by atoms with Crippen LogP contribution in [0.5, 0.6) is 0 Å². The second-order valence-corrected chi connectivity index (χ2v) is 5.52. The van der Waals surface area contributed by atoms with Gasteiger partial charge in [-0.2, -0.15) is 5.10 Å². The predicted molar refractivity (Wildman–Crippen MR) is 71.4 cm³/mol. The minimum Gasteiger partial charge on any atom is -0.380 e. The molecule has 0 radical (unpaired) electrons. The molecule has 1 unspecified atom stereocenters. The summed E-state index contributed by atoms with van der Waals surface area (Å²) in [4.78, 5) is 0. The van der Waals surface area contributed by atoms with Crippen LogP contribution in [-0.2, 0) is 4.74 Å². The molecule has 0 aliphatic rings. The highest BCUT2D eigenvalue weighted by molar-refractivity contribution is 5.39. The Kier molecular flexibility index (Phi) is 4.57. The maximum Gasteiger partial charge on any atom is 0.0728 e. The molecule has 1 atom stereocenters. The molecule has 0 aliphatic carbocycles. The minimum absolute atomic E-state index is 0.0968.